The first-order valence-corrected chi connectivity index (χ1v) is 12.4. The molecule has 1 saturated carbocycles. The van der Waals surface area contributed by atoms with Gasteiger partial charge in [0.1, 0.15) is 4.83 Å². The summed E-state index contributed by atoms with van der Waals surface area (Å²) in [5, 5.41) is 4.90. The van der Waals surface area contributed by atoms with Crippen LogP contribution in [0.25, 0.3) is 15.9 Å². The number of nitrogens with one attached hydrogen (secondary N) is 1. The van der Waals surface area contributed by atoms with Crippen LogP contribution >= 0.6 is 34.7 Å². The van der Waals surface area contributed by atoms with Gasteiger partial charge in [0.25, 0.3) is 5.56 Å². The summed E-state index contributed by atoms with van der Waals surface area (Å²) in [5.41, 5.74) is 1.82. The van der Waals surface area contributed by atoms with E-state index < -0.39 is 0 Å². The van der Waals surface area contributed by atoms with E-state index in [1.54, 1.807) is 28.0 Å². The van der Waals surface area contributed by atoms with E-state index in [0.29, 0.717) is 27.8 Å². The molecule has 1 atom stereocenters. The van der Waals surface area contributed by atoms with E-state index >= 15 is 0 Å². The number of carbonyl (C=O) groups is 1. The number of rotatable bonds is 5. The molecule has 1 fully saturated rings. The van der Waals surface area contributed by atoms with Crippen LogP contribution in [0, 0.1) is 5.92 Å². The third-order valence-corrected chi connectivity index (χ3v) is 8.00. The van der Waals surface area contributed by atoms with Gasteiger partial charge in [0.2, 0.25) is 5.91 Å². The van der Waals surface area contributed by atoms with Crippen LogP contribution < -0.4 is 10.9 Å². The number of nitrogens with zero attached hydrogens (tertiary/aromatic N) is 2. The maximum Gasteiger partial charge on any atom is 0.267 e. The number of aryl methyl sites for hydroxylation is 1. The van der Waals surface area contributed by atoms with Crippen molar-refractivity contribution in [3.63, 3.8) is 0 Å². The fourth-order valence-corrected chi connectivity index (χ4v) is 6.29. The molecule has 0 spiro atoms. The molecule has 0 radical (unpaired) electrons. The monoisotopic (exact) mass is 459 g/mol. The Hall–Kier alpha value is -1.83. The molecule has 0 bridgehead atoms. The van der Waals surface area contributed by atoms with Gasteiger partial charge in [0.15, 0.2) is 5.16 Å². The number of fused-ring (bicyclic) bond motifs is 3. The highest BCUT2D eigenvalue weighted by Gasteiger charge is 2.26. The Morgan fingerprint density at radius 3 is 2.80 bits per heavy atom. The summed E-state index contributed by atoms with van der Waals surface area (Å²) in [4.78, 5) is 32.8. The van der Waals surface area contributed by atoms with Crippen molar-refractivity contribution in [3.8, 4) is 5.69 Å². The minimum atomic E-state index is -0.0560. The van der Waals surface area contributed by atoms with Crippen molar-refractivity contribution in [1.82, 2.24) is 14.9 Å². The second-order valence-corrected chi connectivity index (χ2v) is 10.6. The van der Waals surface area contributed by atoms with Crippen LogP contribution in [0.2, 0.25) is 5.02 Å². The molecule has 3 aromatic rings. The molecule has 1 unspecified atom stereocenters. The van der Waals surface area contributed by atoms with Crippen LogP contribution in [0.15, 0.2) is 34.2 Å². The first kappa shape index (κ1) is 20.1. The molecular formula is C22H22ClN3O2S2. The van der Waals surface area contributed by atoms with Crippen LogP contribution in [-0.2, 0) is 17.6 Å². The van der Waals surface area contributed by atoms with Gasteiger partial charge in [-0.15, -0.1) is 11.3 Å². The van der Waals surface area contributed by atoms with Crippen molar-refractivity contribution in [2.75, 3.05) is 5.75 Å². The van der Waals surface area contributed by atoms with Crippen molar-refractivity contribution in [2.45, 2.75) is 50.2 Å². The van der Waals surface area contributed by atoms with Crippen molar-refractivity contribution < 1.29 is 4.79 Å². The van der Waals surface area contributed by atoms with Crippen molar-refractivity contribution in [1.29, 1.82) is 0 Å². The molecule has 2 aliphatic rings. The van der Waals surface area contributed by atoms with Gasteiger partial charge in [-0.25, -0.2) is 4.98 Å². The predicted molar refractivity (Wildman–Crippen MR) is 123 cm³/mol. The van der Waals surface area contributed by atoms with Crippen LogP contribution in [0.1, 0.15) is 36.6 Å². The standard InChI is InChI=1S/C22H22ClN3O2S2/c1-12-2-9-16-17(10-12)30-20-19(16)21(28)26(15-7-3-13(23)4-8-15)22(25-20)29-11-18(27)24-14-5-6-14/h3-4,7-8,12,14H,2,5-6,9-11H2,1H3,(H,24,27). The van der Waals surface area contributed by atoms with Crippen LogP contribution in [-0.4, -0.2) is 27.3 Å². The predicted octanol–water partition coefficient (Wildman–Crippen LogP) is 4.60. The molecule has 0 saturated heterocycles. The average Bonchev–Trinajstić information content (AvgIpc) is 3.45. The van der Waals surface area contributed by atoms with E-state index in [4.69, 9.17) is 16.6 Å². The number of hydrogen-bond acceptors (Lipinski definition) is 5. The molecule has 0 aliphatic heterocycles. The molecule has 5 rings (SSSR count). The topological polar surface area (TPSA) is 64.0 Å². The summed E-state index contributed by atoms with van der Waals surface area (Å²) in [5.74, 6) is 0.854. The van der Waals surface area contributed by atoms with E-state index in [9.17, 15) is 9.59 Å². The normalized spacial score (nSPS) is 18.4. The molecule has 2 aliphatic carbocycles. The zero-order chi connectivity index (χ0) is 20.8. The van der Waals surface area contributed by atoms with Gasteiger partial charge < -0.3 is 5.32 Å². The summed E-state index contributed by atoms with van der Waals surface area (Å²) >= 11 is 9.01. The van der Waals surface area contributed by atoms with E-state index in [1.165, 1.54) is 16.6 Å². The number of halogens is 1. The number of benzene rings is 1. The van der Waals surface area contributed by atoms with Gasteiger partial charge in [-0.3, -0.25) is 14.2 Å². The first-order chi connectivity index (χ1) is 14.5. The molecule has 1 N–H and O–H groups in total. The smallest absolute Gasteiger partial charge is 0.267 e. The minimum Gasteiger partial charge on any atom is -0.353 e. The first-order valence-electron chi connectivity index (χ1n) is 10.2. The van der Waals surface area contributed by atoms with E-state index in [1.807, 2.05) is 12.1 Å². The lowest BCUT2D eigenvalue weighted by Crippen LogP contribution is -2.28. The number of thiophene rings is 1. The van der Waals surface area contributed by atoms with Crippen LogP contribution in [0.5, 0.6) is 0 Å². The molecular weight excluding hydrogens is 438 g/mol. The van der Waals surface area contributed by atoms with Gasteiger partial charge in [-0.05, 0) is 67.9 Å². The summed E-state index contributed by atoms with van der Waals surface area (Å²) in [7, 11) is 0. The van der Waals surface area contributed by atoms with Crippen molar-refractivity contribution in [2.24, 2.45) is 5.92 Å². The average molecular weight is 460 g/mol. The summed E-state index contributed by atoms with van der Waals surface area (Å²) in [6.45, 7) is 2.26. The second kappa shape index (κ2) is 8.02. The van der Waals surface area contributed by atoms with Gasteiger partial charge in [-0.1, -0.05) is 30.3 Å². The fourth-order valence-electron chi connectivity index (χ4n) is 3.91. The van der Waals surface area contributed by atoms with Gasteiger partial charge in [0.05, 0.1) is 16.8 Å². The zero-order valence-electron chi connectivity index (χ0n) is 16.6. The Kier molecular flexibility index (Phi) is 5.37. The van der Waals surface area contributed by atoms with Gasteiger partial charge in [0, 0.05) is 15.9 Å². The molecule has 2 aromatic heterocycles. The molecule has 30 heavy (non-hydrogen) atoms. The maximum atomic E-state index is 13.7. The number of aromatic nitrogens is 2. The summed E-state index contributed by atoms with van der Waals surface area (Å²) in [6.07, 6.45) is 5.12. The van der Waals surface area contributed by atoms with Gasteiger partial charge >= 0.3 is 0 Å². The number of amides is 1. The SMILES string of the molecule is CC1CCc2c(sc3nc(SCC(=O)NC4CC4)n(-c4ccc(Cl)cc4)c(=O)c23)C1. The zero-order valence-corrected chi connectivity index (χ0v) is 19.0. The number of thioether (sulfide) groups is 1. The molecule has 1 aromatic carbocycles. The third-order valence-electron chi connectivity index (χ3n) is 5.66. The Morgan fingerprint density at radius 1 is 1.30 bits per heavy atom. The van der Waals surface area contributed by atoms with Crippen molar-refractivity contribution >= 4 is 50.8 Å². The Bertz CT molecular complexity index is 1180. The highest BCUT2D eigenvalue weighted by molar-refractivity contribution is 7.99. The largest absolute Gasteiger partial charge is 0.353 e. The lowest BCUT2D eigenvalue weighted by atomic mass is 9.89. The van der Waals surface area contributed by atoms with Crippen molar-refractivity contribution in [3.05, 3.63) is 50.1 Å². The van der Waals surface area contributed by atoms with E-state index in [0.717, 1.165) is 47.9 Å². The molecule has 5 nitrogen and oxygen atoms in total. The Balaban J connectivity index is 1.60. The molecule has 156 valence electrons. The number of hydrogen-bond donors (Lipinski definition) is 1. The highest BCUT2D eigenvalue weighted by Crippen LogP contribution is 2.37. The Morgan fingerprint density at radius 2 is 2.07 bits per heavy atom. The van der Waals surface area contributed by atoms with E-state index in [2.05, 4.69) is 12.2 Å². The lowest BCUT2D eigenvalue weighted by molar-refractivity contribution is -0.118. The number of carbonyl (C=O) groups excluding carboxylic acids is 1. The Labute approximate surface area is 187 Å². The summed E-state index contributed by atoms with van der Waals surface area (Å²) in [6, 6.07) is 7.51. The minimum absolute atomic E-state index is 0.0150. The van der Waals surface area contributed by atoms with Gasteiger partial charge in [-0.2, -0.15) is 0 Å². The maximum absolute atomic E-state index is 13.7. The third kappa shape index (κ3) is 3.90. The molecule has 1 amide bonds. The van der Waals surface area contributed by atoms with Crippen LogP contribution in [0.4, 0.5) is 0 Å². The quantitative estimate of drug-likeness (QED) is 0.447. The highest BCUT2D eigenvalue weighted by atomic mass is 35.5. The molecule has 8 heteroatoms. The van der Waals surface area contributed by atoms with E-state index in [-0.39, 0.29) is 17.2 Å². The second-order valence-electron chi connectivity index (χ2n) is 8.17. The summed E-state index contributed by atoms with van der Waals surface area (Å²) < 4.78 is 1.64. The lowest BCUT2D eigenvalue weighted by Gasteiger charge is -2.17. The van der Waals surface area contributed by atoms with Crippen LogP contribution in [0.3, 0.4) is 0 Å². The molecule has 2 heterocycles. The fraction of sp³-hybridized carbons (Fsp3) is 0.409.